The molecule has 0 atom stereocenters. The number of carbonyl (C=O) groups excluding carboxylic acids is 2. The summed E-state index contributed by atoms with van der Waals surface area (Å²) in [7, 11) is 0. The monoisotopic (exact) mass is 390 g/mol. The van der Waals surface area contributed by atoms with E-state index in [4.69, 9.17) is 4.74 Å². The topological polar surface area (TPSA) is 108 Å². The van der Waals surface area contributed by atoms with Crippen LogP contribution in [0.2, 0.25) is 0 Å². The van der Waals surface area contributed by atoms with Gasteiger partial charge in [0.15, 0.2) is 0 Å². The van der Waals surface area contributed by atoms with Gasteiger partial charge in [-0.05, 0) is 60.5 Å². The Morgan fingerprint density at radius 3 is 2.38 bits per heavy atom. The van der Waals surface area contributed by atoms with Crippen LogP contribution in [0.5, 0.6) is 17.2 Å². The summed E-state index contributed by atoms with van der Waals surface area (Å²) in [5.41, 5.74) is 4.26. The molecule has 0 bridgehead atoms. The molecule has 1 amide bonds. The standard InChI is InChI=1S/C22H18N2O5/c1-14-4-2-3-5-18(14)22(28)29-17-9-6-15(7-10-17)13-23-24-21(27)19-11-8-16(25)12-20(19)26/h2-13,25-26H,1H3,(H,24,27)/b23-13+. The quantitative estimate of drug-likeness (QED) is 0.268. The molecule has 0 aliphatic heterocycles. The van der Waals surface area contributed by atoms with Gasteiger partial charge in [0.25, 0.3) is 5.91 Å². The Hall–Kier alpha value is -4.13. The van der Waals surface area contributed by atoms with Gasteiger partial charge < -0.3 is 14.9 Å². The molecule has 7 heteroatoms. The summed E-state index contributed by atoms with van der Waals surface area (Å²) in [6.07, 6.45) is 1.41. The van der Waals surface area contributed by atoms with Crippen molar-refractivity contribution in [1.29, 1.82) is 0 Å². The molecule has 146 valence electrons. The lowest BCUT2D eigenvalue weighted by atomic mass is 10.1. The Morgan fingerprint density at radius 2 is 1.69 bits per heavy atom. The molecule has 0 spiro atoms. The molecular weight excluding hydrogens is 372 g/mol. The van der Waals surface area contributed by atoms with Crippen LogP contribution in [-0.4, -0.2) is 28.3 Å². The molecule has 0 radical (unpaired) electrons. The van der Waals surface area contributed by atoms with Crippen LogP contribution in [0, 0.1) is 6.92 Å². The van der Waals surface area contributed by atoms with Crippen molar-refractivity contribution in [3.8, 4) is 17.2 Å². The van der Waals surface area contributed by atoms with Gasteiger partial charge in [-0.1, -0.05) is 18.2 Å². The summed E-state index contributed by atoms with van der Waals surface area (Å²) in [5, 5.41) is 22.7. The van der Waals surface area contributed by atoms with Gasteiger partial charge in [-0.15, -0.1) is 0 Å². The van der Waals surface area contributed by atoms with Crippen LogP contribution in [-0.2, 0) is 0 Å². The number of benzene rings is 3. The number of amides is 1. The molecule has 0 fully saturated rings. The predicted molar refractivity (Wildman–Crippen MR) is 107 cm³/mol. The van der Waals surface area contributed by atoms with Gasteiger partial charge in [0, 0.05) is 6.07 Å². The fraction of sp³-hybridized carbons (Fsp3) is 0.0455. The summed E-state index contributed by atoms with van der Waals surface area (Å²) in [4.78, 5) is 24.2. The molecule has 0 aliphatic carbocycles. The molecule has 7 nitrogen and oxygen atoms in total. The summed E-state index contributed by atoms with van der Waals surface area (Å²) >= 11 is 0. The fourth-order valence-corrected chi connectivity index (χ4v) is 2.52. The third kappa shape index (κ3) is 4.98. The number of phenols is 2. The maximum absolute atomic E-state index is 12.2. The van der Waals surface area contributed by atoms with Crippen molar-refractivity contribution in [3.63, 3.8) is 0 Å². The number of hydrogen-bond donors (Lipinski definition) is 3. The van der Waals surface area contributed by atoms with Crippen LogP contribution in [0.1, 0.15) is 31.8 Å². The Kier molecular flexibility index (Phi) is 5.89. The first-order valence-electron chi connectivity index (χ1n) is 8.67. The molecule has 29 heavy (non-hydrogen) atoms. The van der Waals surface area contributed by atoms with Crippen molar-refractivity contribution in [2.75, 3.05) is 0 Å². The van der Waals surface area contributed by atoms with Crippen LogP contribution in [0.25, 0.3) is 0 Å². The SMILES string of the molecule is Cc1ccccc1C(=O)Oc1ccc(/C=N/NC(=O)c2ccc(O)cc2O)cc1. The van der Waals surface area contributed by atoms with Crippen molar-refractivity contribution in [3.05, 3.63) is 89.0 Å². The number of aryl methyl sites for hydroxylation is 1. The maximum atomic E-state index is 12.2. The number of nitrogens with one attached hydrogen (secondary N) is 1. The highest BCUT2D eigenvalue weighted by molar-refractivity contribution is 5.97. The van der Waals surface area contributed by atoms with Gasteiger partial charge in [-0.2, -0.15) is 5.10 Å². The van der Waals surface area contributed by atoms with E-state index in [9.17, 15) is 19.8 Å². The van der Waals surface area contributed by atoms with Crippen molar-refractivity contribution < 1.29 is 24.5 Å². The van der Waals surface area contributed by atoms with E-state index >= 15 is 0 Å². The van der Waals surface area contributed by atoms with Crippen LogP contribution in [0.4, 0.5) is 0 Å². The molecule has 0 saturated heterocycles. The number of esters is 1. The molecule has 3 aromatic rings. The van der Waals surface area contributed by atoms with Gasteiger partial charge in [0.2, 0.25) is 0 Å². The van der Waals surface area contributed by atoms with Gasteiger partial charge in [0.1, 0.15) is 17.2 Å². The lowest BCUT2D eigenvalue weighted by molar-refractivity contribution is 0.0733. The van der Waals surface area contributed by atoms with Crippen LogP contribution < -0.4 is 10.2 Å². The van der Waals surface area contributed by atoms with E-state index in [0.29, 0.717) is 16.9 Å². The Bertz CT molecular complexity index is 1070. The maximum Gasteiger partial charge on any atom is 0.343 e. The summed E-state index contributed by atoms with van der Waals surface area (Å²) in [6, 6.07) is 17.4. The first kappa shape index (κ1) is 19.6. The Labute approximate surface area is 166 Å². The minimum Gasteiger partial charge on any atom is -0.508 e. The van der Waals surface area contributed by atoms with E-state index in [2.05, 4.69) is 10.5 Å². The highest BCUT2D eigenvalue weighted by Crippen LogP contribution is 2.22. The summed E-state index contributed by atoms with van der Waals surface area (Å²) in [5.74, 6) is -1.18. The Balaban J connectivity index is 1.59. The molecule has 3 rings (SSSR count). The zero-order chi connectivity index (χ0) is 20.8. The second kappa shape index (κ2) is 8.71. The van der Waals surface area contributed by atoms with Crippen molar-refractivity contribution in [2.24, 2.45) is 5.10 Å². The van der Waals surface area contributed by atoms with E-state index in [1.54, 1.807) is 36.4 Å². The number of aromatic hydroxyl groups is 2. The number of hydrazone groups is 1. The molecular formula is C22H18N2O5. The first-order valence-corrected chi connectivity index (χ1v) is 8.67. The number of phenolic OH excluding ortho intramolecular Hbond substituents is 2. The van der Waals surface area contributed by atoms with Gasteiger partial charge >= 0.3 is 5.97 Å². The molecule has 0 saturated carbocycles. The lowest BCUT2D eigenvalue weighted by Crippen LogP contribution is -2.17. The van der Waals surface area contributed by atoms with E-state index in [1.165, 1.54) is 18.3 Å². The lowest BCUT2D eigenvalue weighted by Gasteiger charge is -2.06. The molecule has 0 unspecified atom stereocenters. The normalized spacial score (nSPS) is 10.7. The van der Waals surface area contributed by atoms with Gasteiger partial charge in [-0.25, -0.2) is 10.2 Å². The van der Waals surface area contributed by atoms with E-state index in [0.717, 1.165) is 11.6 Å². The van der Waals surface area contributed by atoms with Gasteiger partial charge in [-0.3, -0.25) is 4.79 Å². The smallest absolute Gasteiger partial charge is 0.343 e. The number of rotatable bonds is 5. The summed E-state index contributed by atoms with van der Waals surface area (Å²) < 4.78 is 5.36. The number of carbonyl (C=O) groups is 2. The van der Waals surface area contributed by atoms with Crippen LogP contribution in [0.3, 0.4) is 0 Å². The molecule has 0 aliphatic rings. The minimum absolute atomic E-state index is 0.0154. The molecule has 3 N–H and O–H groups in total. The molecule has 0 aromatic heterocycles. The van der Waals surface area contributed by atoms with Crippen LogP contribution in [0.15, 0.2) is 71.8 Å². The highest BCUT2D eigenvalue weighted by atomic mass is 16.5. The van der Waals surface area contributed by atoms with Crippen molar-refractivity contribution in [2.45, 2.75) is 6.92 Å². The molecule has 0 heterocycles. The predicted octanol–water partition coefficient (Wildman–Crippen LogP) is 3.39. The third-order valence-corrected chi connectivity index (χ3v) is 4.06. The number of ether oxygens (including phenoxy) is 1. The van der Waals surface area contributed by atoms with Crippen LogP contribution >= 0.6 is 0 Å². The zero-order valence-electron chi connectivity index (χ0n) is 15.5. The third-order valence-electron chi connectivity index (χ3n) is 4.06. The highest BCUT2D eigenvalue weighted by Gasteiger charge is 2.11. The largest absolute Gasteiger partial charge is 0.508 e. The first-order chi connectivity index (χ1) is 13.9. The Morgan fingerprint density at radius 1 is 0.966 bits per heavy atom. The second-order valence-electron chi connectivity index (χ2n) is 6.17. The summed E-state index contributed by atoms with van der Waals surface area (Å²) in [6.45, 7) is 1.84. The second-order valence-corrected chi connectivity index (χ2v) is 6.17. The molecule has 3 aromatic carbocycles. The number of hydrogen-bond acceptors (Lipinski definition) is 6. The van der Waals surface area contributed by atoms with E-state index < -0.39 is 11.9 Å². The van der Waals surface area contributed by atoms with Crippen molar-refractivity contribution in [1.82, 2.24) is 5.43 Å². The average Bonchev–Trinajstić information content (AvgIpc) is 2.69. The minimum atomic E-state index is -0.623. The van der Waals surface area contributed by atoms with Crippen molar-refractivity contribution >= 4 is 18.1 Å². The average molecular weight is 390 g/mol. The fourth-order valence-electron chi connectivity index (χ4n) is 2.52. The van der Waals surface area contributed by atoms with Gasteiger partial charge in [0.05, 0.1) is 17.3 Å². The van der Waals surface area contributed by atoms with E-state index in [1.807, 2.05) is 19.1 Å². The van der Waals surface area contributed by atoms with E-state index in [-0.39, 0.29) is 17.1 Å². The number of nitrogens with zero attached hydrogens (tertiary/aromatic N) is 1. The zero-order valence-corrected chi connectivity index (χ0v) is 15.5.